The number of nitriles is 1. The summed E-state index contributed by atoms with van der Waals surface area (Å²) in [5.41, 5.74) is -0.257. The van der Waals surface area contributed by atoms with Gasteiger partial charge in [-0.3, -0.25) is 5.32 Å². The first-order valence-electron chi connectivity index (χ1n) is 8.50. The van der Waals surface area contributed by atoms with E-state index < -0.39 is 0 Å². The SMILES string of the molecule is CCNC1(C#N)CCCC(N2CCC(C(C)C)CC2)C1. The number of rotatable bonds is 4. The van der Waals surface area contributed by atoms with Gasteiger partial charge in [-0.2, -0.15) is 5.26 Å². The first-order valence-corrected chi connectivity index (χ1v) is 8.50. The largest absolute Gasteiger partial charge is 0.300 e. The highest BCUT2D eigenvalue weighted by atomic mass is 15.2. The van der Waals surface area contributed by atoms with Crippen molar-refractivity contribution in [2.45, 2.75) is 70.9 Å². The smallest absolute Gasteiger partial charge is 0.108 e. The van der Waals surface area contributed by atoms with E-state index in [0.29, 0.717) is 6.04 Å². The zero-order valence-corrected chi connectivity index (χ0v) is 13.5. The highest BCUT2D eigenvalue weighted by molar-refractivity contribution is 5.11. The quantitative estimate of drug-likeness (QED) is 0.858. The Morgan fingerprint density at radius 2 is 2.00 bits per heavy atom. The van der Waals surface area contributed by atoms with E-state index in [4.69, 9.17) is 0 Å². The molecule has 0 aromatic carbocycles. The lowest BCUT2D eigenvalue weighted by atomic mass is 9.78. The maximum absolute atomic E-state index is 9.57. The molecule has 0 bridgehead atoms. The van der Waals surface area contributed by atoms with Crippen molar-refractivity contribution in [2.24, 2.45) is 11.8 Å². The Balaban J connectivity index is 1.92. The molecule has 1 saturated heterocycles. The van der Waals surface area contributed by atoms with Gasteiger partial charge in [0.25, 0.3) is 0 Å². The Labute approximate surface area is 124 Å². The van der Waals surface area contributed by atoms with Crippen molar-refractivity contribution < 1.29 is 0 Å². The van der Waals surface area contributed by atoms with E-state index in [1.54, 1.807) is 0 Å². The van der Waals surface area contributed by atoms with Crippen LogP contribution in [0.4, 0.5) is 0 Å². The summed E-state index contributed by atoms with van der Waals surface area (Å²) in [5, 5.41) is 13.0. The van der Waals surface area contributed by atoms with E-state index >= 15 is 0 Å². The number of likely N-dealkylation sites (tertiary alicyclic amines) is 1. The van der Waals surface area contributed by atoms with Gasteiger partial charge in [-0.05, 0) is 70.0 Å². The van der Waals surface area contributed by atoms with Crippen LogP contribution in [0.25, 0.3) is 0 Å². The first-order chi connectivity index (χ1) is 9.60. The Kier molecular flexibility index (Phi) is 5.46. The lowest BCUT2D eigenvalue weighted by Crippen LogP contribution is -2.54. The maximum Gasteiger partial charge on any atom is 0.108 e. The highest BCUT2D eigenvalue weighted by Gasteiger charge is 2.38. The zero-order valence-electron chi connectivity index (χ0n) is 13.5. The normalized spacial score (nSPS) is 33.2. The van der Waals surface area contributed by atoms with Gasteiger partial charge < -0.3 is 4.90 Å². The number of hydrogen-bond acceptors (Lipinski definition) is 3. The molecule has 3 heteroatoms. The Hall–Kier alpha value is -0.590. The molecule has 2 rings (SSSR count). The molecule has 20 heavy (non-hydrogen) atoms. The van der Waals surface area contributed by atoms with Crippen molar-refractivity contribution in [2.75, 3.05) is 19.6 Å². The van der Waals surface area contributed by atoms with Crippen LogP contribution in [0.2, 0.25) is 0 Å². The third-order valence-electron chi connectivity index (χ3n) is 5.49. The van der Waals surface area contributed by atoms with E-state index in [1.165, 1.54) is 38.8 Å². The van der Waals surface area contributed by atoms with Crippen LogP contribution in [0.5, 0.6) is 0 Å². The molecule has 1 heterocycles. The van der Waals surface area contributed by atoms with Crippen molar-refractivity contribution in [3.8, 4) is 6.07 Å². The molecule has 2 unspecified atom stereocenters. The third-order valence-corrected chi connectivity index (χ3v) is 5.49. The molecule has 2 fully saturated rings. The van der Waals surface area contributed by atoms with Crippen LogP contribution in [0.3, 0.4) is 0 Å². The van der Waals surface area contributed by atoms with Crippen LogP contribution in [0.1, 0.15) is 59.3 Å². The first kappa shape index (κ1) is 15.8. The molecule has 3 nitrogen and oxygen atoms in total. The fourth-order valence-electron chi connectivity index (χ4n) is 4.15. The van der Waals surface area contributed by atoms with E-state index in [2.05, 4.69) is 37.1 Å². The molecule has 0 aromatic heterocycles. The Morgan fingerprint density at radius 3 is 2.55 bits per heavy atom. The minimum Gasteiger partial charge on any atom is -0.300 e. The molecule has 1 aliphatic carbocycles. The third kappa shape index (κ3) is 3.54. The van der Waals surface area contributed by atoms with E-state index in [9.17, 15) is 5.26 Å². The fraction of sp³-hybridized carbons (Fsp3) is 0.941. The highest BCUT2D eigenvalue weighted by Crippen LogP contribution is 2.34. The van der Waals surface area contributed by atoms with Gasteiger partial charge in [-0.1, -0.05) is 20.8 Å². The number of nitrogens with one attached hydrogen (secondary N) is 1. The van der Waals surface area contributed by atoms with Crippen molar-refractivity contribution in [3.05, 3.63) is 0 Å². The summed E-state index contributed by atoms with van der Waals surface area (Å²) in [6.45, 7) is 10.2. The van der Waals surface area contributed by atoms with Gasteiger partial charge in [0.05, 0.1) is 6.07 Å². The summed E-state index contributed by atoms with van der Waals surface area (Å²) in [7, 11) is 0. The Morgan fingerprint density at radius 1 is 1.30 bits per heavy atom. The summed E-state index contributed by atoms with van der Waals surface area (Å²) in [4.78, 5) is 2.67. The molecule has 1 N–H and O–H groups in total. The average molecular weight is 277 g/mol. The van der Waals surface area contributed by atoms with E-state index in [-0.39, 0.29) is 5.54 Å². The monoisotopic (exact) mass is 277 g/mol. The van der Waals surface area contributed by atoms with E-state index in [0.717, 1.165) is 31.2 Å². The summed E-state index contributed by atoms with van der Waals surface area (Å²) in [5.74, 6) is 1.73. The van der Waals surface area contributed by atoms with Gasteiger partial charge in [0.1, 0.15) is 5.54 Å². The van der Waals surface area contributed by atoms with Gasteiger partial charge in [-0.25, -0.2) is 0 Å². The summed E-state index contributed by atoms with van der Waals surface area (Å²) in [6.07, 6.45) is 7.19. The summed E-state index contributed by atoms with van der Waals surface area (Å²) < 4.78 is 0. The standard InChI is InChI=1S/C17H31N3/c1-4-19-17(13-18)9-5-6-16(12-17)20-10-7-15(8-11-20)14(2)3/h14-16,19H,4-12H2,1-3H3. The molecule has 0 spiro atoms. The number of hydrogen-bond donors (Lipinski definition) is 1. The minimum atomic E-state index is -0.257. The molecule has 2 atom stereocenters. The van der Waals surface area contributed by atoms with Crippen LogP contribution in [-0.4, -0.2) is 36.1 Å². The van der Waals surface area contributed by atoms with Crippen LogP contribution in [0, 0.1) is 23.2 Å². The average Bonchev–Trinajstić information content (AvgIpc) is 2.48. The van der Waals surface area contributed by atoms with Gasteiger partial charge in [0.2, 0.25) is 0 Å². The van der Waals surface area contributed by atoms with E-state index in [1.807, 2.05) is 0 Å². The van der Waals surface area contributed by atoms with Gasteiger partial charge >= 0.3 is 0 Å². The molecule has 0 amide bonds. The number of piperidine rings is 1. The number of nitrogens with zero attached hydrogens (tertiary/aromatic N) is 2. The van der Waals surface area contributed by atoms with Gasteiger partial charge in [0.15, 0.2) is 0 Å². The predicted octanol–water partition coefficient (Wildman–Crippen LogP) is 3.17. The lowest BCUT2D eigenvalue weighted by Gasteiger charge is -2.44. The van der Waals surface area contributed by atoms with Crippen LogP contribution >= 0.6 is 0 Å². The van der Waals surface area contributed by atoms with Gasteiger partial charge in [0, 0.05) is 6.04 Å². The summed E-state index contributed by atoms with van der Waals surface area (Å²) in [6, 6.07) is 3.20. The zero-order chi connectivity index (χ0) is 14.6. The maximum atomic E-state index is 9.57. The lowest BCUT2D eigenvalue weighted by molar-refractivity contribution is 0.0741. The van der Waals surface area contributed by atoms with Crippen molar-refractivity contribution >= 4 is 0 Å². The second-order valence-electron chi connectivity index (χ2n) is 7.09. The molecule has 1 aliphatic heterocycles. The molecule has 1 saturated carbocycles. The minimum absolute atomic E-state index is 0.257. The molecule has 2 aliphatic rings. The van der Waals surface area contributed by atoms with Crippen LogP contribution < -0.4 is 5.32 Å². The molecule has 114 valence electrons. The topological polar surface area (TPSA) is 39.1 Å². The van der Waals surface area contributed by atoms with Crippen LogP contribution in [0.15, 0.2) is 0 Å². The molecule has 0 radical (unpaired) electrons. The van der Waals surface area contributed by atoms with Crippen molar-refractivity contribution in [3.63, 3.8) is 0 Å². The molecular formula is C17H31N3. The summed E-state index contributed by atoms with van der Waals surface area (Å²) >= 11 is 0. The van der Waals surface area contributed by atoms with Gasteiger partial charge in [-0.15, -0.1) is 0 Å². The van der Waals surface area contributed by atoms with Crippen molar-refractivity contribution in [1.82, 2.24) is 10.2 Å². The second kappa shape index (κ2) is 6.91. The second-order valence-corrected chi connectivity index (χ2v) is 7.09. The molecular weight excluding hydrogens is 246 g/mol. The van der Waals surface area contributed by atoms with Crippen LogP contribution in [-0.2, 0) is 0 Å². The molecule has 0 aromatic rings. The fourth-order valence-corrected chi connectivity index (χ4v) is 4.15. The predicted molar refractivity (Wildman–Crippen MR) is 83.4 cm³/mol. The Bertz CT molecular complexity index is 335. The van der Waals surface area contributed by atoms with Crippen molar-refractivity contribution in [1.29, 1.82) is 5.26 Å².